The standard InChI is InChI=1S/C23H21F6N5O3/c1-13(30)20(35)31-11-14-5-4-7-16(9-14)34-17(10-19(33-34)22(24,25)26)21(36)32-12-15-6-2-3-8-18(15)37-23(27,28)29/h2-10,13H,11-12,30H2,1H3,(H,31,35)(H,32,36)/t13-/m0/s1. The Morgan fingerprint density at radius 3 is 2.35 bits per heavy atom. The molecule has 0 radical (unpaired) electrons. The fraction of sp³-hybridized carbons (Fsp3) is 0.261. The number of rotatable bonds is 8. The monoisotopic (exact) mass is 529 g/mol. The highest BCUT2D eigenvalue weighted by Gasteiger charge is 2.36. The van der Waals surface area contributed by atoms with E-state index in [-0.39, 0.29) is 17.8 Å². The molecule has 1 aromatic heterocycles. The van der Waals surface area contributed by atoms with Crippen molar-refractivity contribution in [3.05, 3.63) is 77.1 Å². The lowest BCUT2D eigenvalue weighted by Crippen LogP contribution is -2.37. The van der Waals surface area contributed by atoms with Gasteiger partial charge < -0.3 is 21.1 Å². The molecule has 0 saturated carbocycles. The number of alkyl halides is 6. The summed E-state index contributed by atoms with van der Waals surface area (Å²) in [5.74, 6) is -2.04. The Morgan fingerprint density at radius 2 is 1.70 bits per heavy atom. The van der Waals surface area contributed by atoms with Gasteiger partial charge in [0.15, 0.2) is 5.69 Å². The van der Waals surface area contributed by atoms with Crippen LogP contribution in [-0.4, -0.2) is 34.0 Å². The van der Waals surface area contributed by atoms with Gasteiger partial charge in [0.2, 0.25) is 5.91 Å². The third-order valence-corrected chi connectivity index (χ3v) is 4.91. The van der Waals surface area contributed by atoms with Crippen LogP contribution in [0.1, 0.15) is 34.2 Å². The molecule has 198 valence electrons. The number of ether oxygens (including phenoxy) is 1. The summed E-state index contributed by atoms with van der Waals surface area (Å²) in [7, 11) is 0. The fourth-order valence-corrected chi connectivity index (χ4v) is 3.17. The first-order valence-electron chi connectivity index (χ1n) is 10.7. The van der Waals surface area contributed by atoms with E-state index in [0.29, 0.717) is 11.6 Å². The van der Waals surface area contributed by atoms with E-state index >= 15 is 0 Å². The first-order valence-corrected chi connectivity index (χ1v) is 10.7. The van der Waals surface area contributed by atoms with Crippen molar-refractivity contribution >= 4 is 11.8 Å². The average molecular weight is 529 g/mol. The second-order valence-electron chi connectivity index (χ2n) is 7.84. The van der Waals surface area contributed by atoms with Crippen molar-refractivity contribution in [2.45, 2.75) is 38.6 Å². The number of hydrogen-bond donors (Lipinski definition) is 3. The third kappa shape index (κ3) is 7.46. The minimum absolute atomic E-state index is 0.0130. The van der Waals surface area contributed by atoms with Crippen LogP contribution >= 0.6 is 0 Å². The number of hydrogen-bond acceptors (Lipinski definition) is 5. The Bertz CT molecular complexity index is 1270. The van der Waals surface area contributed by atoms with Crippen LogP contribution in [0.25, 0.3) is 5.69 Å². The molecule has 0 aliphatic carbocycles. The molecular weight excluding hydrogens is 508 g/mol. The molecule has 2 aromatic carbocycles. The average Bonchev–Trinajstić information content (AvgIpc) is 3.27. The van der Waals surface area contributed by atoms with Crippen molar-refractivity contribution in [1.29, 1.82) is 0 Å². The van der Waals surface area contributed by atoms with Crippen LogP contribution in [0, 0.1) is 0 Å². The van der Waals surface area contributed by atoms with Gasteiger partial charge in [0.1, 0.15) is 11.4 Å². The number of nitrogens with zero attached hydrogens (tertiary/aromatic N) is 2. The second kappa shape index (κ2) is 10.9. The van der Waals surface area contributed by atoms with Gasteiger partial charge in [0.05, 0.1) is 11.7 Å². The molecule has 0 aliphatic rings. The van der Waals surface area contributed by atoms with E-state index in [1.54, 1.807) is 6.07 Å². The molecule has 0 fully saturated rings. The summed E-state index contributed by atoms with van der Waals surface area (Å²) >= 11 is 0. The fourth-order valence-electron chi connectivity index (χ4n) is 3.17. The van der Waals surface area contributed by atoms with Crippen LogP contribution in [0.4, 0.5) is 26.3 Å². The molecule has 0 bridgehead atoms. The minimum Gasteiger partial charge on any atom is -0.405 e. The van der Waals surface area contributed by atoms with Crippen LogP contribution in [0.5, 0.6) is 5.75 Å². The van der Waals surface area contributed by atoms with E-state index in [9.17, 15) is 35.9 Å². The summed E-state index contributed by atoms with van der Waals surface area (Å²) < 4.78 is 82.8. The molecular formula is C23H21F6N5O3. The van der Waals surface area contributed by atoms with Gasteiger partial charge in [-0.2, -0.15) is 18.3 Å². The molecule has 0 saturated heterocycles. The Hall–Kier alpha value is -4.07. The normalized spacial score (nSPS) is 12.6. The Kier molecular flexibility index (Phi) is 8.11. The van der Waals surface area contributed by atoms with Gasteiger partial charge in [-0.25, -0.2) is 4.68 Å². The van der Waals surface area contributed by atoms with Crippen molar-refractivity contribution in [1.82, 2.24) is 20.4 Å². The van der Waals surface area contributed by atoms with Crippen LogP contribution in [0.3, 0.4) is 0 Å². The molecule has 0 unspecified atom stereocenters. The number of nitrogens with one attached hydrogen (secondary N) is 2. The highest BCUT2D eigenvalue weighted by atomic mass is 19.4. The number of aromatic nitrogens is 2. The Labute approximate surface area is 206 Å². The largest absolute Gasteiger partial charge is 0.573 e. The van der Waals surface area contributed by atoms with Gasteiger partial charge in [-0.3, -0.25) is 9.59 Å². The van der Waals surface area contributed by atoms with Crippen LogP contribution in [-0.2, 0) is 24.1 Å². The number of carbonyl (C=O) groups is 2. The zero-order valence-electron chi connectivity index (χ0n) is 19.2. The Balaban J connectivity index is 1.88. The number of nitrogens with two attached hydrogens (primary N) is 1. The van der Waals surface area contributed by atoms with Crippen molar-refractivity contribution in [3.63, 3.8) is 0 Å². The first kappa shape index (κ1) is 27.5. The summed E-state index contributed by atoms with van der Waals surface area (Å²) in [6.45, 7) is 1.02. The zero-order valence-corrected chi connectivity index (χ0v) is 19.2. The SMILES string of the molecule is C[C@H](N)C(=O)NCc1cccc(-n2nc(C(F)(F)F)cc2C(=O)NCc2ccccc2OC(F)(F)F)c1. The molecule has 1 heterocycles. The smallest absolute Gasteiger partial charge is 0.405 e. The number of carbonyl (C=O) groups excluding carboxylic acids is 2. The lowest BCUT2D eigenvalue weighted by molar-refractivity contribution is -0.274. The maximum Gasteiger partial charge on any atom is 0.573 e. The third-order valence-electron chi connectivity index (χ3n) is 4.91. The van der Waals surface area contributed by atoms with Crippen LogP contribution in [0.2, 0.25) is 0 Å². The summed E-state index contributed by atoms with van der Waals surface area (Å²) in [6, 6.07) is 10.7. The molecule has 2 amide bonds. The predicted octanol–water partition coefficient (Wildman–Crippen LogP) is 3.68. The highest BCUT2D eigenvalue weighted by Crippen LogP contribution is 2.30. The van der Waals surface area contributed by atoms with Crippen LogP contribution < -0.4 is 21.1 Å². The van der Waals surface area contributed by atoms with E-state index in [1.807, 2.05) is 0 Å². The zero-order chi connectivity index (χ0) is 27.4. The van der Waals surface area contributed by atoms with Crippen molar-refractivity contribution in [3.8, 4) is 11.4 Å². The topological polar surface area (TPSA) is 111 Å². The Morgan fingerprint density at radius 1 is 1.00 bits per heavy atom. The molecule has 1 atom stereocenters. The van der Waals surface area contributed by atoms with E-state index < -0.39 is 54.1 Å². The predicted molar refractivity (Wildman–Crippen MR) is 118 cm³/mol. The highest BCUT2D eigenvalue weighted by molar-refractivity contribution is 5.93. The maximum absolute atomic E-state index is 13.4. The van der Waals surface area contributed by atoms with Crippen molar-refractivity contribution in [2.24, 2.45) is 5.73 Å². The van der Waals surface area contributed by atoms with Crippen LogP contribution in [0.15, 0.2) is 54.6 Å². The molecule has 3 rings (SSSR count). The second-order valence-corrected chi connectivity index (χ2v) is 7.84. The molecule has 0 spiro atoms. The lowest BCUT2D eigenvalue weighted by atomic mass is 10.2. The summed E-state index contributed by atoms with van der Waals surface area (Å²) in [5, 5.41) is 8.37. The van der Waals surface area contributed by atoms with Gasteiger partial charge in [-0.15, -0.1) is 13.2 Å². The van der Waals surface area contributed by atoms with E-state index in [1.165, 1.54) is 43.3 Å². The number of para-hydroxylation sites is 1. The summed E-state index contributed by atoms with van der Waals surface area (Å²) in [4.78, 5) is 24.6. The van der Waals surface area contributed by atoms with Gasteiger partial charge in [-0.05, 0) is 30.7 Å². The molecule has 0 aliphatic heterocycles. The number of amides is 2. The van der Waals surface area contributed by atoms with Gasteiger partial charge >= 0.3 is 12.5 Å². The minimum atomic E-state index is -4.98. The molecule has 3 aromatic rings. The van der Waals surface area contributed by atoms with Gasteiger partial charge in [0, 0.05) is 24.7 Å². The van der Waals surface area contributed by atoms with E-state index in [2.05, 4.69) is 20.5 Å². The summed E-state index contributed by atoms with van der Waals surface area (Å²) in [5.41, 5.74) is 4.13. The van der Waals surface area contributed by atoms with Crippen molar-refractivity contribution in [2.75, 3.05) is 0 Å². The summed E-state index contributed by atoms with van der Waals surface area (Å²) in [6.07, 6.45) is -9.86. The first-order chi connectivity index (χ1) is 17.2. The van der Waals surface area contributed by atoms with Crippen molar-refractivity contribution < 1.29 is 40.7 Å². The van der Waals surface area contributed by atoms with E-state index in [4.69, 9.17) is 5.73 Å². The lowest BCUT2D eigenvalue weighted by Gasteiger charge is -2.14. The quantitative estimate of drug-likeness (QED) is 0.386. The molecule has 4 N–H and O–H groups in total. The van der Waals surface area contributed by atoms with Gasteiger partial charge in [0.25, 0.3) is 5.91 Å². The van der Waals surface area contributed by atoms with E-state index in [0.717, 1.165) is 10.7 Å². The number of halogens is 6. The number of benzene rings is 2. The van der Waals surface area contributed by atoms with Gasteiger partial charge in [-0.1, -0.05) is 30.3 Å². The molecule has 14 heteroatoms. The molecule has 8 nitrogen and oxygen atoms in total. The maximum atomic E-state index is 13.4. The molecule has 37 heavy (non-hydrogen) atoms.